The van der Waals surface area contributed by atoms with Crippen molar-refractivity contribution in [3.05, 3.63) is 88.8 Å². The van der Waals surface area contributed by atoms with E-state index in [0.29, 0.717) is 33.5 Å². The van der Waals surface area contributed by atoms with Gasteiger partial charge in [0.2, 0.25) is 0 Å². The van der Waals surface area contributed by atoms with Crippen molar-refractivity contribution in [2.75, 3.05) is 5.32 Å². The number of anilines is 1. The van der Waals surface area contributed by atoms with Crippen LogP contribution in [-0.4, -0.2) is 25.7 Å². The number of hydrogen-bond donors (Lipinski definition) is 1. The molecule has 8 heteroatoms. The predicted molar refractivity (Wildman–Crippen MR) is 123 cm³/mol. The van der Waals surface area contributed by atoms with Crippen molar-refractivity contribution in [2.45, 2.75) is 37.7 Å². The van der Waals surface area contributed by atoms with E-state index < -0.39 is 0 Å². The average Bonchev–Trinajstić information content (AvgIpc) is 3.03. The van der Waals surface area contributed by atoms with Crippen LogP contribution < -0.4 is 5.32 Å². The summed E-state index contributed by atoms with van der Waals surface area (Å²) in [7, 11) is 0. The maximum absolute atomic E-state index is 13.2. The molecule has 0 unspecified atom stereocenters. The zero-order chi connectivity index (χ0) is 22.8. The molecule has 32 heavy (non-hydrogen) atoms. The van der Waals surface area contributed by atoms with Crippen LogP contribution in [0.25, 0.3) is 5.69 Å². The van der Waals surface area contributed by atoms with Gasteiger partial charge < -0.3 is 5.32 Å². The van der Waals surface area contributed by atoms with Gasteiger partial charge in [-0.05, 0) is 94.1 Å². The van der Waals surface area contributed by atoms with E-state index in [0.717, 1.165) is 16.3 Å². The Labute approximate surface area is 189 Å². The molecule has 0 saturated heterocycles. The van der Waals surface area contributed by atoms with Crippen molar-refractivity contribution < 1.29 is 9.18 Å². The molecule has 0 aliphatic rings. The summed E-state index contributed by atoms with van der Waals surface area (Å²) in [6.45, 7) is 7.49. The molecule has 162 valence electrons. The summed E-state index contributed by atoms with van der Waals surface area (Å²) in [6.07, 6.45) is 0. The summed E-state index contributed by atoms with van der Waals surface area (Å²) in [5.41, 5.74) is 5.01. The van der Waals surface area contributed by atoms with Crippen molar-refractivity contribution >= 4 is 23.4 Å². The minimum Gasteiger partial charge on any atom is -0.322 e. The highest BCUT2D eigenvalue weighted by Gasteiger charge is 2.19. The molecular formula is C24H22FN5OS. The Bertz CT molecular complexity index is 1260. The first kappa shape index (κ1) is 21.7. The number of nitrogens with one attached hydrogen (secondary N) is 1. The molecule has 2 aromatic heterocycles. The minimum absolute atomic E-state index is 0.244. The second-order valence-corrected chi connectivity index (χ2v) is 8.49. The van der Waals surface area contributed by atoms with Crippen LogP contribution in [0, 0.1) is 33.5 Å². The van der Waals surface area contributed by atoms with Crippen molar-refractivity contribution in [3.63, 3.8) is 0 Å². The topological polar surface area (TPSA) is 72.7 Å². The molecule has 0 saturated carbocycles. The number of rotatable bonds is 5. The van der Waals surface area contributed by atoms with Gasteiger partial charge in [0.1, 0.15) is 5.82 Å². The van der Waals surface area contributed by atoms with Crippen LogP contribution in [0.2, 0.25) is 0 Å². The van der Waals surface area contributed by atoms with Gasteiger partial charge in [-0.1, -0.05) is 0 Å². The Morgan fingerprint density at radius 3 is 2.19 bits per heavy atom. The van der Waals surface area contributed by atoms with Crippen molar-refractivity contribution in [1.82, 2.24) is 19.7 Å². The van der Waals surface area contributed by atoms with Crippen LogP contribution in [-0.2, 0) is 0 Å². The molecule has 0 aliphatic heterocycles. The quantitative estimate of drug-likeness (QED) is 0.413. The Morgan fingerprint density at radius 1 is 0.938 bits per heavy atom. The van der Waals surface area contributed by atoms with Crippen LogP contribution in [0.5, 0.6) is 0 Å². The second-order valence-electron chi connectivity index (χ2n) is 7.45. The molecule has 1 N–H and O–H groups in total. The van der Waals surface area contributed by atoms with E-state index in [1.54, 1.807) is 23.7 Å². The standard InChI is InChI=1S/C24H22FN5OS/c1-14-13-15(2)27-24(26-14)32-21-11-7-19(8-12-21)28-23(31)22-16(3)29-30(17(22)4)20-9-5-18(25)6-10-20/h5-13H,1-4H3,(H,28,31). The Kier molecular flexibility index (Phi) is 6.05. The third-order valence-corrected chi connectivity index (χ3v) is 5.75. The third-order valence-electron chi connectivity index (χ3n) is 4.87. The fourth-order valence-corrected chi connectivity index (χ4v) is 4.31. The predicted octanol–water partition coefficient (Wildman–Crippen LogP) is 5.44. The molecule has 2 aromatic carbocycles. The van der Waals surface area contributed by atoms with E-state index >= 15 is 0 Å². The second kappa shape index (κ2) is 8.92. The highest BCUT2D eigenvalue weighted by molar-refractivity contribution is 7.99. The highest BCUT2D eigenvalue weighted by atomic mass is 32.2. The summed E-state index contributed by atoms with van der Waals surface area (Å²) in [6, 6.07) is 15.5. The maximum Gasteiger partial charge on any atom is 0.259 e. The molecule has 2 heterocycles. The van der Waals surface area contributed by atoms with Crippen LogP contribution in [0.15, 0.2) is 64.6 Å². The summed E-state index contributed by atoms with van der Waals surface area (Å²) in [5.74, 6) is -0.564. The lowest BCUT2D eigenvalue weighted by Crippen LogP contribution is -2.14. The van der Waals surface area contributed by atoms with E-state index in [9.17, 15) is 9.18 Å². The van der Waals surface area contributed by atoms with E-state index in [2.05, 4.69) is 20.4 Å². The van der Waals surface area contributed by atoms with E-state index in [1.165, 1.54) is 23.9 Å². The lowest BCUT2D eigenvalue weighted by Gasteiger charge is -2.08. The number of aromatic nitrogens is 4. The largest absolute Gasteiger partial charge is 0.322 e. The van der Waals surface area contributed by atoms with Gasteiger partial charge >= 0.3 is 0 Å². The number of amides is 1. The first-order valence-corrected chi connectivity index (χ1v) is 10.9. The van der Waals surface area contributed by atoms with Gasteiger partial charge in [-0.2, -0.15) is 5.10 Å². The van der Waals surface area contributed by atoms with Gasteiger partial charge in [0.05, 0.1) is 22.6 Å². The number of benzene rings is 2. The van der Waals surface area contributed by atoms with Gasteiger partial charge in [0.25, 0.3) is 5.91 Å². The Balaban J connectivity index is 1.50. The fraction of sp³-hybridized carbons (Fsp3) is 0.167. The van der Waals surface area contributed by atoms with Crippen LogP contribution in [0.1, 0.15) is 33.1 Å². The maximum atomic E-state index is 13.2. The number of hydrogen-bond acceptors (Lipinski definition) is 5. The molecule has 4 rings (SSSR count). The lowest BCUT2D eigenvalue weighted by molar-refractivity contribution is 0.102. The van der Waals surface area contributed by atoms with Gasteiger partial charge in [0, 0.05) is 22.0 Å². The monoisotopic (exact) mass is 447 g/mol. The zero-order valence-electron chi connectivity index (χ0n) is 18.2. The van der Waals surface area contributed by atoms with E-state index in [1.807, 2.05) is 51.1 Å². The number of halogens is 1. The highest BCUT2D eigenvalue weighted by Crippen LogP contribution is 2.27. The van der Waals surface area contributed by atoms with Crippen molar-refractivity contribution in [2.24, 2.45) is 0 Å². The molecule has 0 radical (unpaired) electrons. The smallest absolute Gasteiger partial charge is 0.259 e. The Hall–Kier alpha value is -3.52. The lowest BCUT2D eigenvalue weighted by atomic mass is 10.1. The van der Waals surface area contributed by atoms with Gasteiger partial charge in [-0.15, -0.1) is 0 Å². The molecule has 4 aromatic rings. The van der Waals surface area contributed by atoms with E-state index in [4.69, 9.17) is 0 Å². The van der Waals surface area contributed by atoms with Crippen LogP contribution in [0.3, 0.4) is 0 Å². The molecule has 0 fully saturated rings. The van der Waals surface area contributed by atoms with Crippen molar-refractivity contribution in [1.29, 1.82) is 0 Å². The summed E-state index contributed by atoms with van der Waals surface area (Å²) < 4.78 is 14.9. The molecule has 0 aliphatic carbocycles. The van der Waals surface area contributed by atoms with Gasteiger partial charge in [-0.3, -0.25) is 4.79 Å². The average molecular weight is 448 g/mol. The first-order valence-electron chi connectivity index (χ1n) is 10.0. The van der Waals surface area contributed by atoms with Crippen molar-refractivity contribution in [3.8, 4) is 5.69 Å². The first-order chi connectivity index (χ1) is 15.3. The molecule has 6 nitrogen and oxygen atoms in total. The third kappa shape index (κ3) is 4.70. The number of carbonyl (C=O) groups is 1. The molecule has 0 bridgehead atoms. The summed E-state index contributed by atoms with van der Waals surface area (Å²) in [4.78, 5) is 22.8. The Morgan fingerprint density at radius 2 is 1.56 bits per heavy atom. The molecular weight excluding hydrogens is 425 g/mol. The molecule has 0 atom stereocenters. The number of carbonyl (C=O) groups excluding carboxylic acids is 1. The molecule has 1 amide bonds. The summed E-state index contributed by atoms with van der Waals surface area (Å²) in [5, 5.41) is 8.09. The number of nitrogens with zero attached hydrogens (tertiary/aromatic N) is 4. The SMILES string of the molecule is Cc1cc(C)nc(Sc2ccc(NC(=O)c3c(C)nn(-c4ccc(F)cc4)c3C)cc2)n1. The van der Waals surface area contributed by atoms with E-state index in [-0.39, 0.29) is 11.7 Å². The molecule has 0 spiro atoms. The van der Waals surface area contributed by atoms with Crippen LogP contribution >= 0.6 is 11.8 Å². The minimum atomic E-state index is -0.320. The van der Waals surface area contributed by atoms with Crippen LogP contribution in [0.4, 0.5) is 10.1 Å². The normalized spacial score (nSPS) is 10.9. The number of aryl methyl sites for hydroxylation is 3. The fourth-order valence-electron chi connectivity index (χ4n) is 3.45. The van der Waals surface area contributed by atoms with Gasteiger partial charge in [-0.25, -0.2) is 19.0 Å². The van der Waals surface area contributed by atoms with Gasteiger partial charge in [0.15, 0.2) is 5.16 Å². The summed E-state index contributed by atoms with van der Waals surface area (Å²) >= 11 is 1.47. The zero-order valence-corrected chi connectivity index (χ0v) is 19.0.